The maximum atomic E-state index is 4.80. The van der Waals surface area contributed by atoms with Gasteiger partial charge in [-0.05, 0) is 76.5 Å². The van der Waals surface area contributed by atoms with Gasteiger partial charge in [0.25, 0.3) is 0 Å². The van der Waals surface area contributed by atoms with Gasteiger partial charge in [-0.15, -0.1) is 24.0 Å². The molecule has 2 N–H and O–H groups in total. The summed E-state index contributed by atoms with van der Waals surface area (Å²) in [5.74, 6) is 2.88. The molecule has 2 aliphatic heterocycles. The van der Waals surface area contributed by atoms with Crippen LogP contribution in [0, 0.1) is 5.92 Å². The molecule has 2 fully saturated rings. The number of aromatic nitrogens is 1. The minimum atomic E-state index is 0. The standard InChI is InChI=1S/C23H41N7.HI/c1-4-24-23(26-9-5-11-29-12-7-20(2)8-13-29)27-19-21-6-10-25-22(18-21)30-16-14-28(3)15-17-30;/h6,10,18,20H,4-5,7-9,11-17,19H2,1-3H3,(H2,24,26,27);1H. The molecule has 0 radical (unpaired) electrons. The Morgan fingerprint density at radius 3 is 2.58 bits per heavy atom. The van der Waals surface area contributed by atoms with Gasteiger partial charge in [-0.25, -0.2) is 9.98 Å². The summed E-state index contributed by atoms with van der Waals surface area (Å²) >= 11 is 0. The van der Waals surface area contributed by atoms with Crippen LogP contribution in [-0.2, 0) is 6.54 Å². The van der Waals surface area contributed by atoms with Crippen LogP contribution in [0.3, 0.4) is 0 Å². The van der Waals surface area contributed by atoms with E-state index in [-0.39, 0.29) is 24.0 Å². The van der Waals surface area contributed by atoms with Gasteiger partial charge in [-0.1, -0.05) is 6.92 Å². The van der Waals surface area contributed by atoms with Crippen molar-refractivity contribution in [2.24, 2.45) is 10.9 Å². The van der Waals surface area contributed by atoms with Crippen LogP contribution in [0.5, 0.6) is 0 Å². The van der Waals surface area contributed by atoms with E-state index < -0.39 is 0 Å². The van der Waals surface area contributed by atoms with E-state index in [4.69, 9.17) is 4.99 Å². The Labute approximate surface area is 206 Å². The molecule has 2 saturated heterocycles. The van der Waals surface area contributed by atoms with Crippen molar-refractivity contribution in [3.05, 3.63) is 23.9 Å². The number of hydrogen-bond donors (Lipinski definition) is 2. The number of guanidine groups is 1. The van der Waals surface area contributed by atoms with E-state index in [9.17, 15) is 0 Å². The Hall–Kier alpha value is -1.13. The number of hydrogen-bond acceptors (Lipinski definition) is 5. The lowest BCUT2D eigenvalue weighted by molar-refractivity contribution is 0.191. The van der Waals surface area contributed by atoms with Gasteiger partial charge in [0.2, 0.25) is 0 Å². The third-order valence-electron chi connectivity index (χ3n) is 6.22. The smallest absolute Gasteiger partial charge is 0.191 e. The van der Waals surface area contributed by atoms with Crippen LogP contribution in [-0.4, -0.2) is 86.7 Å². The molecule has 0 saturated carbocycles. The fourth-order valence-electron chi connectivity index (χ4n) is 4.07. The predicted octanol–water partition coefficient (Wildman–Crippen LogP) is 2.63. The Kier molecular flexibility index (Phi) is 11.9. The average molecular weight is 544 g/mol. The van der Waals surface area contributed by atoms with Crippen molar-refractivity contribution < 1.29 is 0 Å². The van der Waals surface area contributed by atoms with Gasteiger partial charge < -0.3 is 25.3 Å². The zero-order valence-electron chi connectivity index (χ0n) is 19.6. The summed E-state index contributed by atoms with van der Waals surface area (Å²) in [6.45, 7) is 14.9. The van der Waals surface area contributed by atoms with E-state index in [2.05, 4.69) is 63.3 Å². The molecule has 0 unspecified atom stereocenters. The molecular formula is C23H42IN7. The van der Waals surface area contributed by atoms with Gasteiger partial charge in [-0.3, -0.25) is 0 Å². The molecule has 0 aromatic carbocycles. The fourth-order valence-corrected chi connectivity index (χ4v) is 4.07. The van der Waals surface area contributed by atoms with E-state index in [0.29, 0.717) is 6.54 Å². The first kappa shape index (κ1) is 26.1. The lowest BCUT2D eigenvalue weighted by atomic mass is 9.99. The SMILES string of the molecule is CCNC(=NCc1ccnc(N2CCN(C)CC2)c1)NCCCN1CCC(C)CC1.I. The first-order valence-corrected chi connectivity index (χ1v) is 11.8. The van der Waals surface area contributed by atoms with E-state index in [0.717, 1.165) is 63.4 Å². The molecule has 0 aliphatic carbocycles. The number of anilines is 1. The van der Waals surface area contributed by atoms with E-state index in [1.54, 1.807) is 0 Å². The molecule has 0 spiro atoms. The molecule has 1 aromatic rings. The zero-order chi connectivity index (χ0) is 21.2. The molecular weight excluding hydrogens is 501 g/mol. The van der Waals surface area contributed by atoms with E-state index in [1.807, 2.05) is 6.20 Å². The largest absolute Gasteiger partial charge is 0.357 e. The second-order valence-electron chi connectivity index (χ2n) is 8.81. The molecule has 176 valence electrons. The average Bonchev–Trinajstić information content (AvgIpc) is 2.77. The highest BCUT2D eigenvalue weighted by Crippen LogP contribution is 2.16. The quantitative estimate of drug-likeness (QED) is 0.228. The van der Waals surface area contributed by atoms with Crippen molar-refractivity contribution in [2.45, 2.75) is 39.7 Å². The maximum absolute atomic E-state index is 4.80. The summed E-state index contributed by atoms with van der Waals surface area (Å²) in [5, 5.41) is 6.88. The van der Waals surface area contributed by atoms with Gasteiger partial charge in [0.05, 0.1) is 6.54 Å². The number of nitrogens with one attached hydrogen (secondary N) is 2. The monoisotopic (exact) mass is 543 g/mol. The second-order valence-corrected chi connectivity index (χ2v) is 8.81. The molecule has 0 atom stereocenters. The van der Waals surface area contributed by atoms with Crippen molar-refractivity contribution in [1.82, 2.24) is 25.4 Å². The number of nitrogens with zero attached hydrogens (tertiary/aromatic N) is 5. The third-order valence-corrected chi connectivity index (χ3v) is 6.22. The van der Waals surface area contributed by atoms with Crippen molar-refractivity contribution in [2.75, 3.05) is 70.9 Å². The van der Waals surface area contributed by atoms with Crippen LogP contribution in [0.15, 0.2) is 23.3 Å². The van der Waals surface area contributed by atoms with Gasteiger partial charge in [0.1, 0.15) is 5.82 Å². The molecule has 8 heteroatoms. The highest BCUT2D eigenvalue weighted by molar-refractivity contribution is 14.0. The highest BCUT2D eigenvalue weighted by Gasteiger charge is 2.16. The van der Waals surface area contributed by atoms with Gasteiger partial charge in [0.15, 0.2) is 5.96 Å². The molecule has 0 amide bonds. The minimum absolute atomic E-state index is 0. The summed E-state index contributed by atoms with van der Waals surface area (Å²) in [7, 11) is 2.18. The number of rotatable bonds is 8. The number of piperazine rings is 1. The minimum Gasteiger partial charge on any atom is -0.357 e. The zero-order valence-corrected chi connectivity index (χ0v) is 22.0. The summed E-state index contributed by atoms with van der Waals surface area (Å²) in [6, 6.07) is 4.26. The number of aliphatic imine (C=N–C) groups is 1. The van der Waals surface area contributed by atoms with Gasteiger partial charge in [-0.2, -0.15) is 0 Å². The van der Waals surface area contributed by atoms with Crippen LogP contribution >= 0.6 is 24.0 Å². The Morgan fingerprint density at radius 2 is 1.87 bits per heavy atom. The molecule has 3 rings (SSSR count). The normalized spacial score (nSPS) is 19.2. The molecule has 0 bridgehead atoms. The number of piperidine rings is 1. The van der Waals surface area contributed by atoms with Crippen LogP contribution < -0.4 is 15.5 Å². The fraction of sp³-hybridized carbons (Fsp3) is 0.739. The van der Waals surface area contributed by atoms with Crippen molar-refractivity contribution in [3.8, 4) is 0 Å². The highest BCUT2D eigenvalue weighted by atomic mass is 127. The first-order chi connectivity index (χ1) is 14.6. The molecule has 3 heterocycles. The van der Waals surface area contributed by atoms with Gasteiger partial charge >= 0.3 is 0 Å². The number of likely N-dealkylation sites (tertiary alicyclic amines) is 1. The summed E-state index contributed by atoms with van der Waals surface area (Å²) in [4.78, 5) is 16.7. The molecule has 31 heavy (non-hydrogen) atoms. The second kappa shape index (κ2) is 14.1. The lowest BCUT2D eigenvalue weighted by Gasteiger charge is -2.33. The summed E-state index contributed by atoms with van der Waals surface area (Å²) in [6.07, 6.45) is 5.76. The van der Waals surface area contributed by atoms with Crippen LogP contribution in [0.1, 0.15) is 38.7 Å². The van der Waals surface area contributed by atoms with E-state index >= 15 is 0 Å². The Balaban J connectivity index is 0.00000341. The number of likely N-dealkylation sites (N-methyl/N-ethyl adjacent to an activating group) is 1. The number of pyridine rings is 1. The predicted molar refractivity (Wildman–Crippen MR) is 142 cm³/mol. The Bertz CT molecular complexity index is 653. The van der Waals surface area contributed by atoms with Gasteiger partial charge in [0, 0.05) is 45.5 Å². The van der Waals surface area contributed by atoms with Crippen molar-refractivity contribution in [3.63, 3.8) is 0 Å². The first-order valence-electron chi connectivity index (χ1n) is 11.8. The van der Waals surface area contributed by atoms with Crippen LogP contribution in [0.25, 0.3) is 0 Å². The third kappa shape index (κ3) is 9.10. The summed E-state index contributed by atoms with van der Waals surface area (Å²) < 4.78 is 0. The van der Waals surface area contributed by atoms with Crippen LogP contribution in [0.4, 0.5) is 5.82 Å². The molecule has 2 aliphatic rings. The van der Waals surface area contributed by atoms with Crippen molar-refractivity contribution in [1.29, 1.82) is 0 Å². The molecule has 1 aromatic heterocycles. The topological polar surface area (TPSA) is 59.0 Å². The maximum Gasteiger partial charge on any atom is 0.191 e. The summed E-state index contributed by atoms with van der Waals surface area (Å²) in [5.41, 5.74) is 1.21. The van der Waals surface area contributed by atoms with Crippen LogP contribution in [0.2, 0.25) is 0 Å². The lowest BCUT2D eigenvalue weighted by Crippen LogP contribution is -2.44. The van der Waals surface area contributed by atoms with Crippen molar-refractivity contribution >= 4 is 35.8 Å². The molecule has 7 nitrogen and oxygen atoms in total. The Morgan fingerprint density at radius 1 is 1.13 bits per heavy atom. The number of halogens is 1. The van der Waals surface area contributed by atoms with E-state index in [1.165, 1.54) is 38.0 Å².